The lowest BCUT2D eigenvalue weighted by atomic mass is 10.0. The largest absolute Gasteiger partial charge is 0.351 e. The number of hydrogen-bond donors (Lipinski definition) is 2. The van der Waals surface area contributed by atoms with Crippen LogP contribution in [-0.2, 0) is 4.79 Å². The number of carbonyl (C=O) groups excluding carboxylic acids is 2. The number of amides is 3. The van der Waals surface area contributed by atoms with Crippen molar-refractivity contribution in [3.63, 3.8) is 0 Å². The molecule has 0 spiro atoms. The molecule has 0 aliphatic carbocycles. The number of rotatable bonds is 3. The van der Waals surface area contributed by atoms with Gasteiger partial charge >= 0.3 is 6.03 Å². The van der Waals surface area contributed by atoms with E-state index in [1.165, 1.54) is 0 Å². The highest BCUT2D eigenvalue weighted by molar-refractivity contribution is 5.96. The highest BCUT2D eigenvalue weighted by atomic mass is 16.2. The summed E-state index contributed by atoms with van der Waals surface area (Å²) in [5.41, 5.74) is 5.97. The molecule has 2 unspecified atom stereocenters. The molecule has 1 heterocycles. The third-order valence-electron chi connectivity index (χ3n) is 3.82. The van der Waals surface area contributed by atoms with Crippen molar-refractivity contribution in [1.82, 2.24) is 15.1 Å². The van der Waals surface area contributed by atoms with E-state index in [4.69, 9.17) is 5.73 Å². The normalized spacial score (nSPS) is 21.7. The molecule has 6 nitrogen and oxygen atoms in total. The van der Waals surface area contributed by atoms with E-state index >= 15 is 0 Å². The van der Waals surface area contributed by atoms with Crippen LogP contribution in [0.4, 0.5) is 4.79 Å². The number of nitrogens with zero attached hydrogens (tertiary/aromatic N) is 2. The number of carbonyl (C=O) groups is 2. The van der Waals surface area contributed by atoms with E-state index in [0.717, 1.165) is 25.2 Å². The van der Waals surface area contributed by atoms with Gasteiger partial charge in [-0.2, -0.15) is 0 Å². The predicted molar refractivity (Wildman–Crippen MR) is 80.6 cm³/mol. The minimum Gasteiger partial charge on any atom is -0.351 e. The van der Waals surface area contributed by atoms with Gasteiger partial charge in [-0.3, -0.25) is 15.0 Å². The summed E-state index contributed by atoms with van der Waals surface area (Å²) in [4.78, 5) is 27.8. The van der Waals surface area contributed by atoms with Gasteiger partial charge in [0.25, 0.3) is 0 Å². The molecule has 0 radical (unpaired) electrons. The lowest BCUT2D eigenvalue weighted by molar-refractivity contribution is -0.127. The number of nitrogens with two attached hydrogens (primary N) is 1. The first-order valence-electron chi connectivity index (χ1n) is 7.08. The van der Waals surface area contributed by atoms with E-state index in [1.54, 1.807) is 0 Å². The fourth-order valence-corrected chi connectivity index (χ4v) is 2.86. The van der Waals surface area contributed by atoms with Gasteiger partial charge in [0, 0.05) is 25.7 Å². The maximum absolute atomic E-state index is 12.4. The number of hydrogen-bond acceptors (Lipinski definition) is 4. The summed E-state index contributed by atoms with van der Waals surface area (Å²) in [6, 6.07) is 8.38. The number of nitrogens with one attached hydrogen (secondary N) is 1. The highest BCUT2D eigenvalue weighted by Crippen LogP contribution is 2.25. The number of urea groups is 1. The third kappa shape index (κ3) is 3.80. The smallest absolute Gasteiger partial charge is 0.318 e. The van der Waals surface area contributed by atoms with E-state index in [0.29, 0.717) is 0 Å². The molecular weight excluding hydrogens is 268 g/mol. The Bertz CT molecular complexity index is 506. The molecule has 21 heavy (non-hydrogen) atoms. The molecule has 2 atom stereocenters. The van der Waals surface area contributed by atoms with Crippen LogP contribution in [0.15, 0.2) is 30.3 Å². The van der Waals surface area contributed by atoms with Crippen LogP contribution in [0.1, 0.15) is 18.5 Å². The molecule has 0 aromatic heterocycles. The van der Waals surface area contributed by atoms with Crippen LogP contribution in [0.25, 0.3) is 0 Å². The topological polar surface area (TPSA) is 78.7 Å². The fourth-order valence-electron chi connectivity index (χ4n) is 2.86. The van der Waals surface area contributed by atoms with Crippen molar-refractivity contribution in [3.8, 4) is 0 Å². The van der Waals surface area contributed by atoms with Gasteiger partial charge in [-0.1, -0.05) is 30.3 Å². The van der Waals surface area contributed by atoms with Crippen LogP contribution in [-0.4, -0.2) is 54.5 Å². The minimum atomic E-state index is -0.817. The van der Waals surface area contributed by atoms with Crippen molar-refractivity contribution in [1.29, 1.82) is 0 Å². The van der Waals surface area contributed by atoms with Gasteiger partial charge < -0.3 is 10.6 Å². The molecule has 0 saturated carbocycles. The Hall–Kier alpha value is -1.92. The molecule has 1 saturated heterocycles. The van der Waals surface area contributed by atoms with Gasteiger partial charge in [0.1, 0.15) is 6.04 Å². The number of likely N-dealkylation sites (N-methyl/N-ethyl adjacent to an activating group) is 1. The zero-order chi connectivity index (χ0) is 15.4. The summed E-state index contributed by atoms with van der Waals surface area (Å²) in [6.45, 7) is 4.62. The van der Waals surface area contributed by atoms with Gasteiger partial charge in [0.15, 0.2) is 0 Å². The quantitative estimate of drug-likeness (QED) is 0.852. The molecule has 0 bridgehead atoms. The Morgan fingerprint density at radius 3 is 2.52 bits per heavy atom. The van der Waals surface area contributed by atoms with E-state index in [-0.39, 0.29) is 11.9 Å². The second kappa shape index (κ2) is 6.69. The molecule has 1 fully saturated rings. The molecule has 1 aliphatic heterocycles. The van der Waals surface area contributed by atoms with Crippen LogP contribution in [0, 0.1) is 0 Å². The monoisotopic (exact) mass is 290 g/mol. The van der Waals surface area contributed by atoms with Gasteiger partial charge in [0.2, 0.25) is 5.91 Å². The van der Waals surface area contributed by atoms with Crippen molar-refractivity contribution < 1.29 is 9.59 Å². The van der Waals surface area contributed by atoms with E-state index in [9.17, 15) is 9.59 Å². The van der Waals surface area contributed by atoms with E-state index in [2.05, 4.69) is 29.1 Å². The van der Waals surface area contributed by atoms with Crippen LogP contribution in [0.5, 0.6) is 0 Å². The minimum absolute atomic E-state index is 0.215. The number of primary amides is 1. The number of benzene rings is 1. The van der Waals surface area contributed by atoms with Crippen molar-refractivity contribution >= 4 is 11.9 Å². The molecule has 1 aromatic carbocycles. The van der Waals surface area contributed by atoms with Gasteiger partial charge in [0.05, 0.1) is 0 Å². The summed E-state index contributed by atoms with van der Waals surface area (Å²) in [5, 5.41) is 2.22. The summed E-state index contributed by atoms with van der Waals surface area (Å²) in [5.74, 6) is -0.370. The second-order valence-corrected chi connectivity index (χ2v) is 5.52. The first-order valence-corrected chi connectivity index (χ1v) is 7.08. The Morgan fingerprint density at radius 2 is 1.95 bits per heavy atom. The summed E-state index contributed by atoms with van der Waals surface area (Å²) in [6.07, 6.45) is 0. The third-order valence-corrected chi connectivity index (χ3v) is 3.82. The van der Waals surface area contributed by atoms with E-state index in [1.807, 2.05) is 30.3 Å². The molecule has 6 heteroatoms. The van der Waals surface area contributed by atoms with Crippen molar-refractivity contribution in [2.45, 2.75) is 19.0 Å². The zero-order valence-corrected chi connectivity index (χ0v) is 12.5. The summed E-state index contributed by atoms with van der Waals surface area (Å²) < 4.78 is 0. The maximum atomic E-state index is 12.4. The second-order valence-electron chi connectivity index (χ2n) is 5.52. The standard InChI is InChI=1S/C15H22N4O2/c1-11-10-18(2)8-9-19(11)13(14(20)17-15(16)21)12-6-4-3-5-7-12/h3-7,11,13H,8-10H2,1-2H3,(H3,16,17,20,21). The molecule has 3 amide bonds. The number of imide groups is 1. The van der Waals surface area contributed by atoms with Crippen LogP contribution >= 0.6 is 0 Å². The molecule has 3 N–H and O–H groups in total. The average Bonchev–Trinajstić information content (AvgIpc) is 2.42. The van der Waals surface area contributed by atoms with Gasteiger partial charge in [-0.05, 0) is 19.5 Å². The Morgan fingerprint density at radius 1 is 1.29 bits per heavy atom. The molecule has 1 aromatic rings. The van der Waals surface area contributed by atoms with Gasteiger partial charge in [-0.25, -0.2) is 4.79 Å². The average molecular weight is 290 g/mol. The number of piperazine rings is 1. The Labute approximate surface area is 124 Å². The molecular formula is C15H22N4O2. The van der Waals surface area contributed by atoms with Gasteiger partial charge in [-0.15, -0.1) is 0 Å². The van der Waals surface area contributed by atoms with Crippen molar-refractivity contribution in [2.24, 2.45) is 5.73 Å². The van der Waals surface area contributed by atoms with Crippen LogP contribution in [0.2, 0.25) is 0 Å². The fraction of sp³-hybridized carbons (Fsp3) is 0.467. The lowest BCUT2D eigenvalue weighted by Crippen LogP contribution is -2.55. The Kier molecular flexibility index (Phi) is 4.93. The first kappa shape index (κ1) is 15.5. The Balaban J connectivity index is 2.27. The zero-order valence-electron chi connectivity index (χ0n) is 12.5. The highest BCUT2D eigenvalue weighted by Gasteiger charge is 2.34. The van der Waals surface area contributed by atoms with E-state index < -0.39 is 12.1 Å². The summed E-state index contributed by atoms with van der Waals surface area (Å²) >= 11 is 0. The first-order chi connectivity index (χ1) is 9.99. The van der Waals surface area contributed by atoms with Crippen molar-refractivity contribution in [3.05, 3.63) is 35.9 Å². The summed E-state index contributed by atoms with van der Waals surface area (Å²) in [7, 11) is 2.06. The lowest BCUT2D eigenvalue weighted by Gasteiger charge is -2.42. The molecule has 1 aliphatic rings. The SMILES string of the molecule is CC1CN(C)CCN1C(C(=O)NC(N)=O)c1ccccc1. The maximum Gasteiger partial charge on any atom is 0.318 e. The molecule has 114 valence electrons. The van der Waals surface area contributed by atoms with Crippen molar-refractivity contribution in [2.75, 3.05) is 26.7 Å². The molecule has 2 rings (SSSR count). The predicted octanol–water partition coefficient (Wildman–Crippen LogP) is 0.559. The van der Waals surface area contributed by atoms with Crippen LogP contribution < -0.4 is 11.1 Å². The van der Waals surface area contributed by atoms with Crippen LogP contribution in [0.3, 0.4) is 0 Å².